The molecule has 1 atom stereocenters. The number of nitrogens with one attached hydrogen (secondary N) is 2. The lowest BCUT2D eigenvalue weighted by molar-refractivity contribution is -0.158. The molecule has 0 aliphatic rings. The number of methoxy groups -OCH3 is 1. The fourth-order valence-corrected chi connectivity index (χ4v) is 4.09. The Kier molecular flexibility index (Phi) is 20.1. The van der Waals surface area contributed by atoms with Gasteiger partial charge in [-0.25, -0.2) is 4.79 Å². The Morgan fingerprint density at radius 1 is 0.659 bits per heavy atom. The summed E-state index contributed by atoms with van der Waals surface area (Å²) < 4.78 is 26.2. The maximum absolute atomic E-state index is 12.2. The number of amides is 2. The van der Waals surface area contributed by atoms with Crippen molar-refractivity contribution in [2.24, 2.45) is 0 Å². The summed E-state index contributed by atoms with van der Waals surface area (Å²) in [6.07, 6.45) is 4.25. The minimum atomic E-state index is -0.657. The molecule has 11 nitrogen and oxygen atoms in total. The maximum atomic E-state index is 12.2. The predicted octanol–water partition coefficient (Wildman–Crippen LogP) is 2.98. The Morgan fingerprint density at radius 3 is 1.77 bits per heavy atom. The Morgan fingerprint density at radius 2 is 1.18 bits per heavy atom. The Bertz CT molecular complexity index is 1050. The third-order valence-electron chi connectivity index (χ3n) is 6.35. The van der Waals surface area contributed by atoms with Crippen molar-refractivity contribution < 1.29 is 42.9 Å². The van der Waals surface area contributed by atoms with E-state index in [9.17, 15) is 14.4 Å². The zero-order chi connectivity index (χ0) is 31.7. The van der Waals surface area contributed by atoms with Crippen LogP contribution >= 0.6 is 0 Å². The lowest BCUT2D eigenvalue weighted by Gasteiger charge is -2.13. The van der Waals surface area contributed by atoms with Gasteiger partial charge < -0.3 is 33.8 Å². The van der Waals surface area contributed by atoms with Gasteiger partial charge in [-0.1, -0.05) is 54.6 Å². The lowest BCUT2D eigenvalue weighted by Crippen LogP contribution is -2.38. The summed E-state index contributed by atoms with van der Waals surface area (Å²) in [6.45, 7) is 4.98. The summed E-state index contributed by atoms with van der Waals surface area (Å²) >= 11 is 0. The van der Waals surface area contributed by atoms with E-state index in [1.807, 2.05) is 30.3 Å². The van der Waals surface area contributed by atoms with Crippen LogP contribution in [0.25, 0.3) is 0 Å². The summed E-state index contributed by atoms with van der Waals surface area (Å²) in [5.41, 5.74) is 5.58. The normalized spacial score (nSPS) is 11.6. The molecule has 244 valence electrons. The molecule has 0 bridgehead atoms. The van der Waals surface area contributed by atoms with E-state index in [1.165, 1.54) is 11.1 Å². The summed E-state index contributed by atoms with van der Waals surface area (Å²) in [4.78, 5) is 41.2. The van der Waals surface area contributed by atoms with Crippen molar-refractivity contribution in [3.05, 3.63) is 71.3 Å². The number of carbonyl (C=O) groups excluding carboxylic acids is 3. The minimum Gasteiger partial charge on any atom is -0.382 e. The molecule has 11 heteroatoms. The molecule has 2 rings (SSSR count). The molecule has 0 unspecified atom stereocenters. The second-order valence-corrected chi connectivity index (χ2v) is 10.2. The highest BCUT2D eigenvalue weighted by atomic mass is 16.7. The second-order valence-electron chi connectivity index (χ2n) is 10.2. The van der Waals surface area contributed by atoms with Gasteiger partial charge in [0, 0.05) is 13.2 Å². The summed E-state index contributed by atoms with van der Waals surface area (Å²) in [7, 11) is 1.62. The van der Waals surface area contributed by atoms with Crippen LogP contribution in [0.4, 0.5) is 0 Å². The van der Waals surface area contributed by atoms with Crippen LogP contribution in [-0.2, 0) is 62.2 Å². The Hall–Kier alpha value is -3.35. The number of unbranched alkanes of at least 4 members (excludes halogenated alkanes) is 1. The molecule has 0 aliphatic carbocycles. The zero-order valence-corrected chi connectivity index (χ0v) is 26.1. The molecule has 2 amide bonds. The van der Waals surface area contributed by atoms with Gasteiger partial charge in [0.05, 0.1) is 65.7 Å². The van der Waals surface area contributed by atoms with E-state index in [-0.39, 0.29) is 32.0 Å². The molecule has 0 spiro atoms. The van der Waals surface area contributed by atoms with Gasteiger partial charge >= 0.3 is 5.97 Å². The predicted molar refractivity (Wildman–Crippen MR) is 165 cm³/mol. The van der Waals surface area contributed by atoms with Crippen molar-refractivity contribution in [3.63, 3.8) is 0 Å². The summed E-state index contributed by atoms with van der Waals surface area (Å²) in [5.74, 6) is -1.46. The first-order valence-electron chi connectivity index (χ1n) is 15.2. The van der Waals surface area contributed by atoms with Gasteiger partial charge in [-0.2, -0.15) is 5.48 Å². The van der Waals surface area contributed by atoms with Gasteiger partial charge in [-0.15, -0.1) is 0 Å². The molecule has 0 heterocycles. The largest absolute Gasteiger partial charge is 0.382 e. The van der Waals surface area contributed by atoms with Gasteiger partial charge in [-0.3, -0.25) is 9.59 Å². The molecule has 0 aliphatic heterocycles. The zero-order valence-electron chi connectivity index (χ0n) is 26.1. The van der Waals surface area contributed by atoms with E-state index < -0.39 is 17.9 Å². The first-order chi connectivity index (χ1) is 21.5. The van der Waals surface area contributed by atoms with Gasteiger partial charge in [0.25, 0.3) is 5.91 Å². The highest BCUT2D eigenvalue weighted by Gasteiger charge is 2.15. The molecular weight excluding hydrogens is 568 g/mol. The number of aryl methyl sites for hydroxylation is 2. The van der Waals surface area contributed by atoms with Crippen molar-refractivity contribution in [1.82, 2.24) is 10.8 Å². The van der Waals surface area contributed by atoms with Crippen LogP contribution in [0.2, 0.25) is 0 Å². The SMILES string of the molecule is COCCOCCOCCOCCOCC(=O)N[C@@H](C)CC(=O)ONC(=O)Cc1ccc(CCCCc2ccccc2)cc1. The molecule has 0 radical (unpaired) electrons. The minimum absolute atomic E-state index is 0.0895. The molecule has 2 aromatic rings. The molecule has 0 saturated carbocycles. The summed E-state index contributed by atoms with van der Waals surface area (Å²) in [6, 6.07) is 17.8. The molecule has 44 heavy (non-hydrogen) atoms. The van der Waals surface area contributed by atoms with Crippen LogP contribution in [0.3, 0.4) is 0 Å². The lowest BCUT2D eigenvalue weighted by atomic mass is 10.0. The third-order valence-corrected chi connectivity index (χ3v) is 6.35. The van der Waals surface area contributed by atoms with Crippen molar-refractivity contribution in [3.8, 4) is 0 Å². The van der Waals surface area contributed by atoms with Crippen LogP contribution in [0.1, 0.15) is 42.9 Å². The highest BCUT2D eigenvalue weighted by molar-refractivity contribution is 5.81. The van der Waals surface area contributed by atoms with E-state index in [4.69, 9.17) is 28.5 Å². The number of carbonyl (C=O) groups is 3. The molecule has 2 N–H and O–H groups in total. The molecular formula is C33H48N2O9. The molecule has 0 saturated heterocycles. The van der Waals surface area contributed by atoms with Crippen LogP contribution in [0.15, 0.2) is 54.6 Å². The van der Waals surface area contributed by atoms with Crippen molar-refractivity contribution in [2.45, 2.75) is 51.5 Å². The molecule has 0 fully saturated rings. The van der Waals surface area contributed by atoms with E-state index in [0.29, 0.717) is 46.2 Å². The third kappa shape index (κ3) is 19.0. The van der Waals surface area contributed by atoms with Crippen molar-refractivity contribution >= 4 is 17.8 Å². The van der Waals surface area contributed by atoms with Crippen LogP contribution < -0.4 is 10.8 Å². The molecule has 0 aromatic heterocycles. The fourth-order valence-electron chi connectivity index (χ4n) is 4.09. The van der Waals surface area contributed by atoms with Crippen molar-refractivity contribution in [1.29, 1.82) is 0 Å². The van der Waals surface area contributed by atoms with E-state index in [1.54, 1.807) is 14.0 Å². The topological polar surface area (TPSA) is 131 Å². The van der Waals surface area contributed by atoms with Gasteiger partial charge in [0.15, 0.2) is 0 Å². The smallest absolute Gasteiger partial charge is 0.334 e. The van der Waals surface area contributed by atoms with Crippen molar-refractivity contribution in [2.75, 3.05) is 66.6 Å². The van der Waals surface area contributed by atoms with E-state index >= 15 is 0 Å². The monoisotopic (exact) mass is 616 g/mol. The number of hydrogen-bond acceptors (Lipinski definition) is 9. The first-order valence-corrected chi connectivity index (χ1v) is 15.2. The van der Waals surface area contributed by atoms with Crippen LogP contribution in [-0.4, -0.2) is 90.4 Å². The highest BCUT2D eigenvalue weighted by Crippen LogP contribution is 2.11. The number of ether oxygens (including phenoxy) is 5. The van der Waals surface area contributed by atoms with Gasteiger partial charge in [0.2, 0.25) is 5.91 Å². The number of benzene rings is 2. The first kappa shape index (κ1) is 36.8. The quantitative estimate of drug-likeness (QED) is 0.135. The van der Waals surface area contributed by atoms with E-state index in [2.05, 4.69) is 35.1 Å². The number of hydroxylamine groups is 1. The average molecular weight is 617 g/mol. The molecule has 2 aromatic carbocycles. The standard InChI is InChI=1S/C33H48N2O9/c1-27(34-32(37)26-43-23-22-42-21-20-41-19-18-40-17-16-39-2)24-33(38)44-35-31(36)25-30-14-12-29(13-15-30)11-7-6-10-28-8-4-3-5-9-28/h3-5,8-9,12-15,27H,6-7,10-11,16-26H2,1-2H3,(H,34,37)(H,35,36)/t27-/m0/s1. The van der Waals surface area contributed by atoms with Gasteiger partial charge in [0.1, 0.15) is 6.61 Å². The maximum Gasteiger partial charge on any atom is 0.334 e. The fraction of sp³-hybridized carbons (Fsp3) is 0.545. The average Bonchev–Trinajstić information content (AvgIpc) is 3.02. The van der Waals surface area contributed by atoms with Gasteiger partial charge in [-0.05, 0) is 49.3 Å². The Labute approximate surface area is 260 Å². The number of hydrogen-bond donors (Lipinski definition) is 2. The Balaban J connectivity index is 1.45. The van der Waals surface area contributed by atoms with Crippen LogP contribution in [0, 0.1) is 0 Å². The van der Waals surface area contributed by atoms with E-state index in [0.717, 1.165) is 31.2 Å². The summed E-state index contributed by atoms with van der Waals surface area (Å²) in [5, 5.41) is 2.66. The number of rotatable bonds is 24. The van der Waals surface area contributed by atoms with Crippen LogP contribution in [0.5, 0.6) is 0 Å². The second kappa shape index (κ2) is 24.0.